The van der Waals surface area contributed by atoms with E-state index in [0.29, 0.717) is 29.5 Å². The lowest BCUT2D eigenvalue weighted by Crippen LogP contribution is -2.14. The third-order valence-corrected chi connectivity index (χ3v) is 4.70. The summed E-state index contributed by atoms with van der Waals surface area (Å²) in [6.07, 6.45) is 0.338. The van der Waals surface area contributed by atoms with Crippen LogP contribution in [0.2, 0.25) is 0 Å². The fourth-order valence-electron chi connectivity index (χ4n) is 3.13. The van der Waals surface area contributed by atoms with Crippen molar-refractivity contribution in [1.29, 1.82) is 0 Å². The molecule has 0 radical (unpaired) electrons. The minimum Gasteiger partial charge on any atom is -0.436 e. The summed E-state index contributed by atoms with van der Waals surface area (Å²) in [5, 5.41) is 2.93. The second-order valence-corrected chi connectivity index (χ2v) is 7.19. The molecule has 1 heterocycles. The summed E-state index contributed by atoms with van der Waals surface area (Å²) < 4.78 is 5.89. The van der Waals surface area contributed by atoms with Gasteiger partial charge in [-0.2, -0.15) is 0 Å². The Morgan fingerprint density at radius 2 is 1.75 bits per heavy atom. The number of anilines is 1. The van der Waals surface area contributed by atoms with E-state index >= 15 is 0 Å². The molecule has 0 aliphatic carbocycles. The van der Waals surface area contributed by atoms with E-state index < -0.39 is 0 Å². The van der Waals surface area contributed by atoms with Crippen LogP contribution in [0.5, 0.6) is 0 Å². The van der Waals surface area contributed by atoms with Crippen LogP contribution in [0.15, 0.2) is 77.2 Å². The van der Waals surface area contributed by atoms with Gasteiger partial charge in [0.25, 0.3) is 0 Å². The van der Waals surface area contributed by atoms with Crippen LogP contribution in [0.4, 0.5) is 5.69 Å². The van der Waals surface area contributed by atoms with Crippen LogP contribution in [0, 0.1) is 0 Å². The summed E-state index contributed by atoms with van der Waals surface area (Å²) in [6, 6.07) is 23.5. The lowest BCUT2D eigenvalue weighted by atomic mass is 10.0. The van der Waals surface area contributed by atoms with Gasteiger partial charge in [0.15, 0.2) is 5.58 Å². The molecule has 0 saturated carbocycles. The van der Waals surface area contributed by atoms with Gasteiger partial charge in [-0.1, -0.05) is 56.3 Å². The van der Waals surface area contributed by atoms with Gasteiger partial charge in [-0.25, -0.2) is 4.98 Å². The number of amides is 1. The van der Waals surface area contributed by atoms with Gasteiger partial charge in [0, 0.05) is 11.3 Å². The number of nitrogens with zero attached hydrogens (tertiary/aromatic N) is 1. The molecule has 0 aliphatic heterocycles. The van der Waals surface area contributed by atoms with E-state index in [9.17, 15) is 4.79 Å². The van der Waals surface area contributed by atoms with E-state index in [1.165, 1.54) is 5.56 Å². The van der Waals surface area contributed by atoms with Crippen molar-refractivity contribution in [2.75, 3.05) is 5.32 Å². The smallest absolute Gasteiger partial charge is 0.228 e. The summed E-state index contributed by atoms with van der Waals surface area (Å²) in [5.74, 6) is 1.01. The maximum Gasteiger partial charge on any atom is 0.228 e. The molecule has 28 heavy (non-hydrogen) atoms. The topological polar surface area (TPSA) is 55.1 Å². The maximum atomic E-state index is 12.3. The number of hydrogen-bond donors (Lipinski definition) is 1. The number of rotatable bonds is 5. The summed E-state index contributed by atoms with van der Waals surface area (Å²) >= 11 is 0. The van der Waals surface area contributed by atoms with Crippen LogP contribution in [0.3, 0.4) is 0 Å². The van der Waals surface area contributed by atoms with Crippen molar-refractivity contribution in [2.24, 2.45) is 0 Å². The second kappa shape index (κ2) is 7.69. The zero-order chi connectivity index (χ0) is 19.5. The first-order valence-corrected chi connectivity index (χ1v) is 9.43. The molecular formula is C24H22N2O2. The second-order valence-electron chi connectivity index (χ2n) is 7.19. The first-order valence-electron chi connectivity index (χ1n) is 9.43. The molecule has 4 aromatic rings. The van der Waals surface area contributed by atoms with Crippen LogP contribution in [-0.4, -0.2) is 10.9 Å². The number of aromatic nitrogens is 1. The van der Waals surface area contributed by atoms with Crippen LogP contribution >= 0.6 is 0 Å². The van der Waals surface area contributed by atoms with Crippen LogP contribution < -0.4 is 5.32 Å². The number of fused-ring (bicyclic) bond motifs is 1. The van der Waals surface area contributed by atoms with Crippen molar-refractivity contribution in [3.8, 4) is 11.5 Å². The first kappa shape index (κ1) is 18.0. The number of carbonyl (C=O) groups excluding carboxylic acids is 1. The Balaban J connectivity index is 1.52. The lowest BCUT2D eigenvalue weighted by molar-refractivity contribution is -0.115. The molecule has 4 nitrogen and oxygen atoms in total. The predicted octanol–water partition coefficient (Wildman–Crippen LogP) is 5.80. The SMILES string of the molecule is CC(C)c1ccc(-c2nc3cc(NC(=O)Cc4ccccc4)ccc3o2)cc1. The van der Waals surface area contributed by atoms with E-state index in [2.05, 4.69) is 36.3 Å². The molecule has 4 heteroatoms. The summed E-state index contributed by atoms with van der Waals surface area (Å²) in [5.41, 5.74) is 5.33. The van der Waals surface area contributed by atoms with Gasteiger partial charge in [-0.15, -0.1) is 0 Å². The number of carbonyl (C=O) groups is 1. The lowest BCUT2D eigenvalue weighted by Gasteiger charge is -2.05. The van der Waals surface area contributed by atoms with Crippen LogP contribution in [0.25, 0.3) is 22.6 Å². The summed E-state index contributed by atoms with van der Waals surface area (Å²) in [4.78, 5) is 16.9. The number of hydrogen-bond acceptors (Lipinski definition) is 3. The quantitative estimate of drug-likeness (QED) is 0.483. The van der Waals surface area contributed by atoms with Crippen LogP contribution in [0.1, 0.15) is 30.9 Å². The molecule has 0 saturated heterocycles. The highest BCUT2D eigenvalue weighted by molar-refractivity contribution is 5.94. The van der Waals surface area contributed by atoms with Gasteiger partial charge in [0.2, 0.25) is 11.8 Å². The normalized spacial score (nSPS) is 11.1. The molecule has 0 unspecified atom stereocenters. The summed E-state index contributed by atoms with van der Waals surface area (Å²) in [7, 11) is 0. The Hall–Kier alpha value is -3.40. The van der Waals surface area contributed by atoms with Crippen molar-refractivity contribution < 1.29 is 9.21 Å². The van der Waals surface area contributed by atoms with Gasteiger partial charge in [0.1, 0.15) is 5.52 Å². The fourth-order valence-corrected chi connectivity index (χ4v) is 3.13. The molecule has 3 aromatic carbocycles. The molecule has 0 fully saturated rings. The predicted molar refractivity (Wildman–Crippen MR) is 112 cm³/mol. The Morgan fingerprint density at radius 1 is 1.00 bits per heavy atom. The summed E-state index contributed by atoms with van der Waals surface area (Å²) in [6.45, 7) is 4.34. The zero-order valence-electron chi connectivity index (χ0n) is 16.0. The van der Waals surface area contributed by atoms with Gasteiger partial charge in [-0.05, 0) is 47.4 Å². The minimum absolute atomic E-state index is 0.0569. The number of nitrogens with one attached hydrogen (secondary N) is 1. The first-order chi connectivity index (χ1) is 13.6. The third-order valence-electron chi connectivity index (χ3n) is 4.70. The monoisotopic (exact) mass is 370 g/mol. The molecule has 1 aromatic heterocycles. The molecule has 0 atom stereocenters. The molecule has 1 N–H and O–H groups in total. The Labute approximate surface area is 164 Å². The van der Waals surface area contributed by atoms with Gasteiger partial charge >= 0.3 is 0 Å². The average Bonchev–Trinajstić information content (AvgIpc) is 3.12. The molecule has 1 amide bonds. The van der Waals surface area contributed by atoms with Crippen molar-refractivity contribution in [2.45, 2.75) is 26.2 Å². The molecule has 0 aliphatic rings. The Kier molecular flexibility index (Phi) is 4.94. The Bertz CT molecular complexity index is 1100. The van der Waals surface area contributed by atoms with E-state index in [1.807, 2.05) is 60.7 Å². The highest BCUT2D eigenvalue weighted by Crippen LogP contribution is 2.27. The Morgan fingerprint density at radius 3 is 2.46 bits per heavy atom. The highest BCUT2D eigenvalue weighted by Gasteiger charge is 2.11. The average molecular weight is 370 g/mol. The largest absolute Gasteiger partial charge is 0.436 e. The molecular weight excluding hydrogens is 348 g/mol. The molecule has 0 spiro atoms. The van der Waals surface area contributed by atoms with Crippen molar-refractivity contribution in [3.05, 3.63) is 83.9 Å². The molecule has 4 rings (SSSR count). The number of oxazole rings is 1. The molecule has 140 valence electrons. The van der Waals surface area contributed by atoms with Crippen molar-refractivity contribution in [1.82, 2.24) is 4.98 Å². The van der Waals surface area contributed by atoms with E-state index in [0.717, 1.165) is 16.6 Å². The van der Waals surface area contributed by atoms with E-state index in [1.54, 1.807) is 0 Å². The van der Waals surface area contributed by atoms with Crippen LogP contribution in [-0.2, 0) is 11.2 Å². The van der Waals surface area contributed by atoms with E-state index in [4.69, 9.17) is 4.42 Å². The minimum atomic E-state index is -0.0569. The highest BCUT2D eigenvalue weighted by atomic mass is 16.3. The number of benzene rings is 3. The zero-order valence-corrected chi connectivity index (χ0v) is 16.0. The third kappa shape index (κ3) is 3.96. The fraction of sp³-hybridized carbons (Fsp3) is 0.167. The van der Waals surface area contributed by atoms with Crippen molar-refractivity contribution in [3.63, 3.8) is 0 Å². The van der Waals surface area contributed by atoms with Gasteiger partial charge in [0.05, 0.1) is 6.42 Å². The van der Waals surface area contributed by atoms with Crippen molar-refractivity contribution >= 4 is 22.7 Å². The molecule has 0 bridgehead atoms. The maximum absolute atomic E-state index is 12.3. The standard InChI is InChI=1S/C24H22N2O2/c1-16(2)18-8-10-19(11-9-18)24-26-21-15-20(12-13-22(21)28-24)25-23(27)14-17-6-4-3-5-7-17/h3-13,15-16H,14H2,1-2H3,(H,25,27). The van der Waals surface area contributed by atoms with Gasteiger partial charge in [-0.3, -0.25) is 4.79 Å². The van der Waals surface area contributed by atoms with Gasteiger partial charge < -0.3 is 9.73 Å². The van der Waals surface area contributed by atoms with E-state index in [-0.39, 0.29) is 5.91 Å².